The zero-order chi connectivity index (χ0) is 18.1. The quantitative estimate of drug-likeness (QED) is 0.828. The molecular weight excluding hydrogens is 391 g/mol. The minimum Gasteiger partial charge on any atom is -0.352 e. The molecule has 24 heavy (non-hydrogen) atoms. The van der Waals surface area contributed by atoms with Crippen molar-refractivity contribution in [3.8, 4) is 0 Å². The predicted octanol–water partition coefficient (Wildman–Crippen LogP) is 2.72. The molecule has 2 heterocycles. The second kappa shape index (κ2) is 6.96. The number of alkyl halides is 3. The number of rotatable bonds is 5. The average Bonchev–Trinajstić information content (AvgIpc) is 2.97. The van der Waals surface area contributed by atoms with E-state index >= 15 is 0 Å². The number of carbonyl (C=O) groups excluding carboxylic acids is 1. The molecule has 0 atom stereocenters. The van der Waals surface area contributed by atoms with Crippen LogP contribution in [0.5, 0.6) is 0 Å². The largest absolute Gasteiger partial charge is 0.436 e. The Morgan fingerprint density at radius 3 is 2.50 bits per heavy atom. The van der Waals surface area contributed by atoms with E-state index in [1.54, 1.807) is 17.9 Å². The maximum absolute atomic E-state index is 12.8. The number of nitrogens with zero attached hydrogens (tertiary/aromatic N) is 4. The molecule has 0 saturated carbocycles. The van der Waals surface area contributed by atoms with Crippen LogP contribution < -0.4 is 5.32 Å². The molecule has 10 heteroatoms. The highest BCUT2D eigenvalue weighted by Gasteiger charge is 2.37. The fourth-order valence-corrected chi connectivity index (χ4v) is 2.64. The van der Waals surface area contributed by atoms with E-state index in [9.17, 15) is 18.0 Å². The first-order chi connectivity index (χ1) is 11.1. The van der Waals surface area contributed by atoms with E-state index in [1.165, 1.54) is 11.6 Å². The molecule has 2 aromatic rings. The Hall–Kier alpha value is -1.84. The molecule has 0 aliphatic rings. The van der Waals surface area contributed by atoms with Gasteiger partial charge in [-0.05, 0) is 29.8 Å². The van der Waals surface area contributed by atoms with Crippen molar-refractivity contribution in [3.05, 3.63) is 33.3 Å². The van der Waals surface area contributed by atoms with Crippen molar-refractivity contribution >= 4 is 21.8 Å². The molecular formula is C14H17BrF3N5O. The fourth-order valence-electron chi connectivity index (χ4n) is 2.13. The molecule has 132 valence electrons. The van der Waals surface area contributed by atoms with E-state index in [0.717, 1.165) is 11.3 Å². The minimum absolute atomic E-state index is 0.0333. The van der Waals surface area contributed by atoms with E-state index in [-0.39, 0.29) is 23.3 Å². The standard InChI is InChI=1S/C14H17BrF3N5O/c1-8-10(7-20-22(8)3)6-19-11(24)4-5-23-9(2)12(15)13(21-23)14(16,17)18/h7H,4-6H2,1-3H3,(H,19,24). The lowest BCUT2D eigenvalue weighted by Crippen LogP contribution is -2.24. The summed E-state index contributed by atoms with van der Waals surface area (Å²) in [7, 11) is 1.80. The van der Waals surface area contributed by atoms with Crippen LogP contribution in [0.25, 0.3) is 0 Å². The molecule has 2 aromatic heterocycles. The number of nitrogens with one attached hydrogen (secondary N) is 1. The molecule has 0 radical (unpaired) electrons. The summed E-state index contributed by atoms with van der Waals surface area (Å²) in [5, 5.41) is 10.3. The van der Waals surface area contributed by atoms with Crippen molar-refractivity contribution in [1.29, 1.82) is 0 Å². The molecule has 1 amide bonds. The second-order valence-corrected chi connectivity index (χ2v) is 6.17. The van der Waals surface area contributed by atoms with Crippen molar-refractivity contribution in [2.45, 2.75) is 39.5 Å². The van der Waals surface area contributed by atoms with Crippen LogP contribution in [-0.2, 0) is 31.1 Å². The van der Waals surface area contributed by atoms with Gasteiger partial charge in [-0.2, -0.15) is 23.4 Å². The monoisotopic (exact) mass is 407 g/mol. The van der Waals surface area contributed by atoms with Crippen LogP contribution in [0.4, 0.5) is 13.2 Å². The third-order valence-corrected chi connectivity index (χ3v) is 4.71. The van der Waals surface area contributed by atoms with Crippen LogP contribution in [0.3, 0.4) is 0 Å². The summed E-state index contributed by atoms with van der Waals surface area (Å²) in [6, 6.07) is 0. The SMILES string of the molecule is Cc1c(CNC(=O)CCn2nc(C(F)(F)F)c(Br)c2C)cnn1C. The zero-order valence-electron chi connectivity index (χ0n) is 13.4. The maximum Gasteiger partial charge on any atom is 0.436 e. The van der Waals surface area contributed by atoms with Crippen molar-refractivity contribution in [2.75, 3.05) is 0 Å². The van der Waals surface area contributed by atoms with Gasteiger partial charge in [-0.1, -0.05) is 0 Å². The highest BCUT2D eigenvalue weighted by molar-refractivity contribution is 9.10. The summed E-state index contributed by atoms with van der Waals surface area (Å²) in [6.45, 7) is 3.80. The normalized spacial score (nSPS) is 11.8. The maximum atomic E-state index is 12.8. The van der Waals surface area contributed by atoms with Crippen molar-refractivity contribution in [2.24, 2.45) is 7.05 Å². The van der Waals surface area contributed by atoms with E-state index in [0.29, 0.717) is 12.2 Å². The van der Waals surface area contributed by atoms with Crippen LogP contribution in [0.15, 0.2) is 10.7 Å². The summed E-state index contributed by atoms with van der Waals surface area (Å²) >= 11 is 2.90. The Morgan fingerprint density at radius 2 is 2.00 bits per heavy atom. The molecule has 0 aromatic carbocycles. The Labute approximate surface area is 145 Å². The molecule has 0 spiro atoms. The number of aryl methyl sites for hydroxylation is 2. The Bertz CT molecular complexity index is 750. The lowest BCUT2D eigenvalue weighted by molar-refractivity contribution is -0.142. The summed E-state index contributed by atoms with van der Waals surface area (Å²) in [5.41, 5.74) is 1.19. The highest BCUT2D eigenvalue weighted by Crippen LogP contribution is 2.35. The fraction of sp³-hybridized carbons (Fsp3) is 0.500. The number of halogens is 4. The molecule has 0 unspecified atom stereocenters. The van der Waals surface area contributed by atoms with Gasteiger partial charge in [0.05, 0.1) is 22.9 Å². The Kier molecular flexibility index (Phi) is 5.36. The first-order valence-electron chi connectivity index (χ1n) is 7.15. The van der Waals surface area contributed by atoms with Crippen molar-refractivity contribution in [1.82, 2.24) is 24.9 Å². The minimum atomic E-state index is -4.53. The molecule has 0 saturated heterocycles. The number of carbonyl (C=O) groups is 1. The van der Waals surface area contributed by atoms with E-state index in [1.807, 2.05) is 6.92 Å². The van der Waals surface area contributed by atoms with Gasteiger partial charge < -0.3 is 5.32 Å². The lowest BCUT2D eigenvalue weighted by atomic mass is 10.2. The molecule has 2 rings (SSSR count). The van der Waals surface area contributed by atoms with Crippen LogP contribution in [0.2, 0.25) is 0 Å². The number of hydrogen-bond donors (Lipinski definition) is 1. The first kappa shape index (κ1) is 18.5. The molecule has 1 N–H and O–H groups in total. The first-order valence-corrected chi connectivity index (χ1v) is 7.94. The van der Waals surface area contributed by atoms with Gasteiger partial charge in [0.25, 0.3) is 0 Å². The third kappa shape index (κ3) is 3.97. The van der Waals surface area contributed by atoms with Crippen molar-refractivity contribution in [3.63, 3.8) is 0 Å². The highest BCUT2D eigenvalue weighted by atomic mass is 79.9. The van der Waals surface area contributed by atoms with Gasteiger partial charge in [0, 0.05) is 31.3 Å². The summed E-state index contributed by atoms with van der Waals surface area (Å²) in [5.74, 6) is -0.266. The Balaban J connectivity index is 1.94. The molecule has 6 nitrogen and oxygen atoms in total. The van der Waals surface area contributed by atoms with Gasteiger partial charge in [0.2, 0.25) is 5.91 Å². The van der Waals surface area contributed by atoms with E-state index in [4.69, 9.17) is 0 Å². The van der Waals surface area contributed by atoms with Gasteiger partial charge >= 0.3 is 6.18 Å². The summed E-state index contributed by atoms with van der Waals surface area (Å²) in [4.78, 5) is 11.9. The van der Waals surface area contributed by atoms with E-state index in [2.05, 4.69) is 31.4 Å². The van der Waals surface area contributed by atoms with Gasteiger partial charge in [-0.25, -0.2) is 0 Å². The van der Waals surface area contributed by atoms with Crippen molar-refractivity contribution < 1.29 is 18.0 Å². The van der Waals surface area contributed by atoms with Gasteiger partial charge in [-0.3, -0.25) is 14.2 Å². The topological polar surface area (TPSA) is 64.7 Å². The Morgan fingerprint density at radius 1 is 1.33 bits per heavy atom. The second-order valence-electron chi connectivity index (χ2n) is 5.37. The lowest BCUT2D eigenvalue weighted by Gasteiger charge is -2.07. The summed E-state index contributed by atoms with van der Waals surface area (Å²) in [6.07, 6.45) is -2.83. The third-order valence-electron chi connectivity index (χ3n) is 3.77. The molecule has 0 fully saturated rings. The van der Waals surface area contributed by atoms with Crippen LogP contribution in [0.1, 0.15) is 29.1 Å². The summed E-state index contributed by atoms with van der Waals surface area (Å²) < 4.78 is 41.2. The van der Waals surface area contributed by atoms with Crippen LogP contribution in [-0.4, -0.2) is 25.5 Å². The molecule has 0 aliphatic carbocycles. The average molecular weight is 408 g/mol. The van der Waals surface area contributed by atoms with Crippen LogP contribution in [0, 0.1) is 13.8 Å². The zero-order valence-corrected chi connectivity index (χ0v) is 15.0. The van der Waals surface area contributed by atoms with E-state index < -0.39 is 11.9 Å². The molecule has 0 bridgehead atoms. The smallest absolute Gasteiger partial charge is 0.352 e. The predicted molar refractivity (Wildman–Crippen MR) is 84.1 cm³/mol. The number of hydrogen-bond acceptors (Lipinski definition) is 3. The van der Waals surface area contributed by atoms with Gasteiger partial charge in [0.1, 0.15) is 0 Å². The number of aromatic nitrogens is 4. The van der Waals surface area contributed by atoms with Gasteiger partial charge in [-0.15, -0.1) is 0 Å². The number of amides is 1. The van der Waals surface area contributed by atoms with Crippen LogP contribution >= 0.6 is 15.9 Å². The molecule has 0 aliphatic heterocycles. The van der Waals surface area contributed by atoms with Gasteiger partial charge in [0.15, 0.2) is 5.69 Å².